The van der Waals surface area contributed by atoms with Crippen molar-refractivity contribution in [3.05, 3.63) is 22.4 Å². The van der Waals surface area contributed by atoms with Gasteiger partial charge in [-0.3, -0.25) is 0 Å². The molecule has 23 heavy (non-hydrogen) atoms. The first-order chi connectivity index (χ1) is 10.5. The summed E-state index contributed by atoms with van der Waals surface area (Å²) < 4.78 is 24.7. The first kappa shape index (κ1) is 22.6. The van der Waals surface area contributed by atoms with Crippen molar-refractivity contribution in [2.24, 2.45) is 4.99 Å². The van der Waals surface area contributed by atoms with Crippen molar-refractivity contribution in [2.45, 2.75) is 26.8 Å². The van der Waals surface area contributed by atoms with E-state index in [-0.39, 0.29) is 29.7 Å². The average Bonchev–Trinajstić information content (AvgIpc) is 3.02. The van der Waals surface area contributed by atoms with Gasteiger partial charge < -0.3 is 10.6 Å². The number of nitrogens with zero attached hydrogens (tertiary/aromatic N) is 2. The third-order valence-corrected chi connectivity index (χ3v) is 5.72. The van der Waals surface area contributed by atoms with Crippen LogP contribution in [0, 0.1) is 0 Å². The first-order valence-corrected chi connectivity index (χ1v) is 10.0. The van der Waals surface area contributed by atoms with Crippen LogP contribution in [0.15, 0.2) is 21.8 Å². The van der Waals surface area contributed by atoms with Crippen molar-refractivity contribution in [3.8, 4) is 0 Å². The lowest BCUT2D eigenvalue weighted by atomic mass is 10.3. The summed E-state index contributed by atoms with van der Waals surface area (Å²) in [4.78, 5) is 4.51. The van der Waals surface area contributed by atoms with Crippen LogP contribution in [0.3, 0.4) is 0 Å². The van der Waals surface area contributed by atoms with Gasteiger partial charge in [0, 0.05) is 26.7 Å². The molecule has 0 radical (unpaired) electrons. The maximum absolute atomic E-state index is 11.6. The van der Waals surface area contributed by atoms with Gasteiger partial charge in [0.25, 0.3) is 0 Å². The van der Waals surface area contributed by atoms with Gasteiger partial charge in [-0.25, -0.2) is 17.7 Å². The molecule has 2 N–H and O–H groups in total. The van der Waals surface area contributed by atoms with E-state index < -0.39 is 10.0 Å². The van der Waals surface area contributed by atoms with E-state index in [1.807, 2.05) is 12.3 Å². The maximum atomic E-state index is 11.6. The molecule has 134 valence electrons. The fourth-order valence-electron chi connectivity index (χ4n) is 1.76. The Morgan fingerprint density at radius 1 is 1.35 bits per heavy atom. The van der Waals surface area contributed by atoms with Gasteiger partial charge in [0.2, 0.25) is 10.0 Å². The van der Waals surface area contributed by atoms with E-state index in [9.17, 15) is 8.42 Å². The maximum Gasteiger partial charge on any atom is 0.213 e. The van der Waals surface area contributed by atoms with E-state index in [2.05, 4.69) is 27.1 Å². The predicted octanol–water partition coefficient (Wildman–Crippen LogP) is 2.09. The summed E-state index contributed by atoms with van der Waals surface area (Å²) in [6, 6.07) is 2.06. The molecule has 0 fully saturated rings. The van der Waals surface area contributed by atoms with Crippen molar-refractivity contribution in [1.82, 2.24) is 14.9 Å². The molecular formula is C14H27IN4O2S2. The highest BCUT2D eigenvalue weighted by atomic mass is 127. The topological polar surface area (TPSA) is 73.8 Å². The summed E-state index contributed by atoms with van der Waals surface area (Å²) in [5.41, 5.74) is 1.19. The second-order valence-corrected chi connectivity index (χ2v) is 7.97. The van der Waals surface area contributed by atoms with Crippen molar-refractivity contribution < 1.29 is 8.42 Å². The van der Waals surface area contributed by atoms with E-state index in [0.717, 1.165) is 18.9 Å². The van der Waals surface area contributed by atoms with Gasteiger partial charge in [0.15, 0.2) is 5.96 Å². The fraction of sp³-hybridized carbons (Fsp3) is 0.643. The van der Waals surface area contributed by atoms with Gasteiger partial charge in [-0.2, -0.15) is 11.3 Å². The lowest BCUT2D eigenvalue weighted by molar-refractivity contribution is 0.461. The van der Waals surface area contributed by atoms with Gasteiger partial charge in [-0.1, -0.05) is 0 Å². The number of halogens is 1. The molecule has 0 spiro atoms. The SMILES string of the molecule is CCNC(=NCc1ccsc1)NCCCN(C)S(=O)(=O)CC.I. The Morgan fingerprint density at radius 3 is 2.65 bits per heavy atom. The van der Waals surface area contributed by atoms with E-state index in [1.165, 1.54) is 9.87 Å². The Labute approximate surface area is 160 Å². The number of sulfonamides is 1. The molecule has 0 atom stereocenters. The summed E-state index contributed by atoms with van der Waals surface area (Å²) >= 11 is 1.66. The number of aliphatic imine (C=N–C) groups is 1. The fourth-order valence-corrected chi connectivity index (χ4v) is 3.27. The van der Waals surface area contributed by atoms with Gasteiger partial charge in [-0.05, 0) is 42.7 Å². The predicted molar refractivity (Wildman–Crippen MR) is 109 cm³/mol. The molecule has 1 rings (SSSR count). The zero-order valence-electron chi connectivity index (χ0n) is 13.9. The summed E-state index contributed by atoms with van der Waals surface area (Å²) in [5.74, 6) is 0.900. The Balaban J connectivity index is 0.00000484. The smallest absolute Gasteiger partial charge is 0.213 e. The number of hydrogen-bond donors (Lipinski definition) is 2. The van der Waals surface area contributed by atoms with Crippen LogP contribution in [0.4, 0.5) is 0 Å². The number of rotatable bonds is 9. The van der Waals surface area contributed by atoms with Crippen molar-refractivity contribution in [2.75, 3.05) is 32.4 Å². The standard InChI is InChI=1S/C14H26N4O2S2.HI/c1-4-15-14(17-11-13-7-10-21-12-13)16-8-6-9-18(3)22(19,20)5-2;/h7,10,12H,4-6,8-9,11H2,1-3H3,(H2,15,16,17);1H. The summed E-state index contributed by atoms with van der Waals surface area (Å²) in [6.45, 7) is 6.29. The van der Waals surface area contributed by atoms with Gasteiger partial charge >= 0.3 is 0 Å². The Morgan fingerprint density at radius 2 is 2.09 bits per heavy atom. The molecular weight excluding hydrogens is 447 g/mol. The highest BCUT2D eigenvalue weighted by Gasteiger charge is 2.13. The number of thiophene rings is 1. The van der Waals surface area contributed by atoms with Gasteiger partial charge in [0.1, 0.15) is 0 Å². The largest absolute Gasteiger partial charge is 0.357 e. The minimum Gasteiger partial charge on any atom is -0.357 e. The summed E-state index contributed by atoms with van der Waals surface area (Å²) in [7, 11) is -1.47. The molecule has 0 saturated carbocycles. The Kier molecular flexibility index (Phi) is 11.8. The lowest BCUT2D eigenvalue weighted by Gasteiger charge is -2.16. The van der Waals surface area contributed by atoms with Crippen molar-refractivity contribution in [1.29, 1.82) is 0 Å². The Hall–Kier alpha value is -0.390. The molecule has 0 aliphatic heterocycles. The van der Waals surface area contributed by atoms with Crippen LogP contribution >= 0.6 is 35.3 Å². The molecule has 0 aliphatic rings. The lowest BCUT2D eigenvalue weighted by Crippen LogP contribution is -2.39. The molecule has 0 unspecified atom stereocenters. The second kappa shape index (κ2) is 12.0. The van der Waals surface area contributed by atoms with Gasteiger partial charge in [0.05, 0.1) is 12.3 Å². The van der Waals surface area contributed by atoms with E-state index in [4.69, 9.17) is 0 Å². The summed E-state index contributed by atoms with van der Waals surface area (Å²) in [6.07, 6.45) is 0.735. The molecule has 0 saturated heterocycles. The molecule has 0 aliphatic carbocycles. The normalized spacial score (nSPS) is 12.1. The molecule has 0 bridgehead atoms. The zero-order chi connectivity index (χ0) is 16.4. The highest BCUT2D eigenvalue weighted by molar-refractivity contribution is 14.0. The molecule has 1 heterocycles. The van der Waals surface area contributed by atoms with E-state index >= 15 is 0 Å². The molecule has 6 nitrogen and oxygen atoms in total. The quantitative estimate of drug-likeness (QED) is 0.249. The minimum absolute atomic E-state index is 0. The third-order valence-electron chi connectivity index (χ3n) is 3.13. The average molecular weight is 474 g/mol. The molecule has 1 aromatic rings. The molecule has 0 aromatic carbocycles. The number of hydrogen-bond acceptors (Lipinski definition) is 4. The van der Waals surface area contributed by atoms with Crippen LogP contribution < -0.4 is 10.6 Å². The third kappa shape index (κ3) is 8.87. The molecule has 0 amide bonds. The van der Waals surface area contributed by atoms with Crippen LogP contribution in [-0.2, 0) is 16.6 Å². The molecule has 9 heteroatoms. The van der Waals surface area contributed by atoms with Crippen LogP contribution in [0.2, 0.25) is 0 Å². The number of guanidine groups is 1. The van der Waals surface area contributed by atoms with Crippen molar-refractivity contribution in [3.63, 3.8) is 0 Å². The first-order valence-electron chi connectivity index (χ1n) is 7.46. The van der Waals surface area contributed by atoms with Crippen LogP contribution in [0.1, 0.15) is 25.8 Å². The van der Waals surface area contributed by atoms with Crippen LogP contribution in [0.25, 0.3) is 0 Å². The van der Waals surface area contributed by atoms with Gasteiger partial charge in [-0.15, -0.1) is 24.0 Å². The van der Waals surface area contributed by atoms with E-state index in [1.54, 1.807) is 25.3 Å². The van der Waals surface area contributed by atoms with E-state index in [0.29, 0.717) is 19.6 Å². The summed E-state index contributed by atoms with van der Waals surface area (Å²) in [5, 5.41) is 10.5. The van der Waals surface area contributed by atoms with Crippen molar-refractivity contribution >= 4 is 51.3 Å². The Bertz CT molecular complexity index is 547. The minimum atomic E-state index is -3.09. The second-order valence-electron chi connectivity index (χ2n) is 4.83. The highest BCUT2D eigenvalue weighted by Crippen LogP contribution is 2.06. The molecule has 1 aromatic heterocycles. The van der Waals surface area contributed by atoms with Crippen LogP contribution in [-0.4, -0.2) is 51.1 Å². The number of nitrogens with one attached hydrogen (secondary N) is 2. The van der Waals surface area contributed by atoms with Crippen LogP contribution in [0.5, 0.6) is 0 Å². The monoisotopic (exact) mass is 474 g/mol. The zero-order valence-corrected chi connectivity index (χ0v) is 17.9.